The van der Waals surface area contributed by atoms with E-state index in [1.54, 1.807) is 0 Å². The number of rotatable bonds is 59. The summed E-state index contributed by atoms with van der Waals surface area (Å²) in [6, 6.07) is 0. The van der Waals surface area contributed by atoms with Gasteiger partial charge in [0.1, 0.15) is 13.2 Å². The average molecular weight is 1020 g/mol. The minimum atomic E-state index is -0.782. The molecule has 0 aliphatic heterocycles. The summed E-state index contributed by atoms with van der Waals surface area (Å²) in [5.41, 5.74) is 0. The predicted molar refractivity (Wildman–Crippen MR) is 316 cm³/mol. The Bertz CT molecular complexity index is 1270. The van der Waals surface area contributed by atoms with Crippen LogP contribution >= 0.6 is 0 Å². The van der Waals surface area contributed by atoms with Gasteiger partial charge >= 0.3 is 17.9 Å². The summed E-state index contributed by atoms with van der Waals surface area (Å²) in [5.74, 6) is -0.881. The number of allylic oxidation sites excluding steroid dienone is 8. The lowest BCUT2D eigenvalue weighted by atomic mass is 10.0. The number of hydrogen-bond donors (Lipinski definition) is 0. The topological polar surface area (TPSA) is 78.9 Å². The molecule has 0 radical (unpaired) electrons. The largest absolute Gasteiger partial charge is 0.462 e. The van der Waals surface area contributed by atoms with E-state index in [2.05, 4.69) is 69.4 Å². The molecule has 73 heavy (non-hydrogen) atoms. The van der Waals surface area contributed by atoms with E-state index in [4.69, 9.17) is 14.2 Å². The van der Waals surface area contributed by atoms with E-state index in [1.165, 1.54) is 205 Å². The van der Waals surface area contributed by atoms with Crippen LogP contribution in [0.15, 0.2) is 48.6 Å². The predicted octanol–water partition coefficient (Wildman–Crippen LogP) is 21.8. The summed E-state index contributed by atoms with van der Waals surface area (Å²) in [4.78, 5) is 38.3. The van der Waals surface area contributed by atoms with Gasteiger partial charge in [0.15, 0.2) is 6.10 Å². The molecule has 0 saturated heterocycles. The molecule has 0 fully saturated rings. The Balaban J connectivity index is 4.25. The molecule has 0 aromatic carbocycles. The second-order valence-electron chi connectivity index (χ2n) is 21.7. The van der Waals surface area contributed by atoms with Crippen molar-refractivity contribution in [2.75, 3.05) is 13.2 Å². The van der Waals surface area contributed by atoms with Gasteiger partial charge in [-0.1, -0.05) is 294 Å². The highest BCUT2D eigenvalue weighted by Gasteiger charge is 2.19. The highest BCUT2D eigenvalue weighted by atomic mass is 16.6. The Kier molecular flexibility index (Phi) is 59.7. The standard InChI is InChI=1S/C67H122O6/c1-4-7-10-13-16-19-22-25-27-29-30-31-32-33-34-35-36-38-39-42-45-48-51-54-57-60-66(69)72-63-64(62-71-65(68)59-56-53-50-47-44-41-24-21-18-15-12-9-6-3)73-67(70)61-58-55-52-49-46-43-40-37-28-26-23-20-17-14-11-8-5-2/h12,15,17,20-21,24,26,28,64H,4-11,13-14,16,18-19,22-23,25,27,29-63H2,1-3H3/b15-12-,20-17-,24-21-,28-26-. The molecule has 6 heteroatoms. The van der Waals surface area contributed by atoms with E-state index >= 15 is 0 Å². The second-order valence-corrected chi connectivity index (χ2v) is 21.7. The third-order valence-electron chi connectivity index (χ3n) is 14.3. The van der Waals surface area contributed by atoms with Crippen LogP contribution in [0.1, 0.15) is 342 Å². The van der Waals surface area contributed by atoms with Crippen LogP contribution in [0.3, 0.4) is 0 Å². The summed E-state index contributed by atoms with van der Waals surface area (Å²) >= 11 is 0. The number of ether oxygens (including phenoxy) is 3. The highest BCUT2D eigenvalue weighted by Crippen LogP contribution is 2.18. The molecule has 426 valence electrons. The SMILES string of the molecule is CCC/C=C\C/C=C\CCCCCCCC(=O)OCC(COC(=O)CCCCCCCCCCCCCCCCCCCCCCCCCCC)OC(=O)CCCCCCCCC/C=C\C/C=C\CCCCC. The minimum absolute atomic E-state index is 0.0777. The van der Waals surface area contributed by atoms with Crippen LogP contribution in [0, 0.1) is 0 Å². The number of carbonyl (C=O) groups excluding carboxylic acids is 3. The van der Waals surface area contributed by atoms with Crippen molar-refractivity contribution < 1.29 is 28.6 Å². The van der Waals surface area contributed by atoms with Crippen LogP contribution in [0.25, 0.3) is 0 Å². The first-order valence-corrected chi connectivity index (χ1v) is 32.1. The van der Waals surface area contributed by atoms with E-state index in [1.807, 2.05) is 0 Å². The van der Waals surface area contributed by atoms with Crippen LogP contribution in [0.4, 0.5) is 0 Å². The maximum atomic E-state index is 12.9. The summed E-state index contributed by atoms with van der Waals surface area (Å²) in [5, 5.41) is 0. The Morgan fingerprint density at radius 2 is 0.521 bits per heavy atom. The van der Waals surface area contributed by atoms with Crippen LogP contribution in [0.2, 0.25) is 0 Å². The zero-order chi connectivity index (χ0) is 52.9. The molecule has 0 amide bonds. The summed E-state index contributed by atoms with van der Waals surface area (Å²) < 4.78 is 16.9. The van der Waals surface area contributed by atoms with Gasteiger partial charge < -0.3 is 14.2 Å². The van der Waals surface area contributed by atoms with Crippen molar-refractivity contribution in [2.45, 2.75) is 348 Å². The van der Waals surface area contributed by atoms with Crippen LogP contribution < -0.4 is 0 Å². The summed E-state index contributed by atoms with van der Waals surface area (Å²) in [6.45, 7) is 6.58. The van der Waals surface area contributed by atoms with Crippen molar-refractivity contribution >= 4 is 17.9 Å². The Morgan fingerprint density at radius 3 is 0.836 bits per heavy atom. The Hall–Kier alpha value is -2.63. The maximum Gasteiger partial charge on any atom is 0.306 e. The molecule has 0 bridgehead atoms. The van der Waals surface area contributed by atoms with Gasteiger partial charge in [-0.15, -0.1) is 0 Å². The lowest BCUT2D eigenvalue weighted by Gasteiger charge is -2.18. The quantitative estimate of drug-likeness (QED) is 0.0261. The highest BCUT2D eigenvalue weighted by molar-refractivity contribution is 5.71. The average Bonchev–Trinajstić information content (AvgIpc) is 3.39. The van der Waals surface area contributed by atoms with Crippen molar-refractivity contribution in [1.82, 2.24) is 0 Å². The normalized spacial score (nSPS) is 12.3. The molecular weight excluding hydrogens is 901 g/mol. The molecule has 1 unspecified atom stereocenters. The van der Waals surface area contributed by atoms with Gasteiger partial charge in [-0.2, -0.15) is 0 Å². The molecule has 0 spiro atoms. The molecule has 0 aliphatic carbocycles. The number of unbranched alkanes of at least 4 members (excludes halogenated alkanes) is 40. The molecule has 0 aromatic heterocycles. The monoisotopic (exact) mass is 1020 g/mol. The van der Waals surface area contributed by atoms with E-state index < -0.39 is 6.10 Å². The fourth-order valence-electron chi connectivity index (χ4n) is 9.46. The molecule has 0 aromatic rings. The molecule has 0 heterocycles. The van der Waals surface area contributed by atoms with Crippen molar-refractivity contribution in [3.05, 3.63) is 48.6 Å². The molecule has 0 rings (SSSR count). The minimum Gasteiger partial charge on any atom is -0.462 e. The second kappa shape index (κ2) is 61.9. The van der Waals surface area contributed by atoms with Crippen molar-refractivity contribution in [3.63, 3.8) is 0 Å². The van der Waals surface area contributed by atoms with Crippen LogP contribution in [-0.2, 0) is 28.6 Å². The van der Waals surface area contributed by atoms with Gasteiger partial charge in [0, 0.05) is 19.3 Å². The molecule has 0 saturated carbocycles. The molecule has 6 nitrogen and oxygen atoms in total. The van der Waals surface area contributed by atoms with Gasteiger partial charge in [0.05, 0.1) is 0 Å². The molecule has 0 N–H and O–H groups in total. The van der Waals surface area contributed by atoms with Crippen LogP contribution in [0.5, 0.6) is 0 Å². The lowest BCUT2D eigenvalue weighted by Crippen LogP contribution is -2.30. The first-order chi connectivity index (χ1) is 36.0. The van der Waals surface area contributed by atoms with E-state index in [0.29, 0.717) is 19.3 Å². The van der Waals surface area contributed by atoms with E-state index in [-0.39, 0.29) is 31.1 Å². The maximum absolute atomic E-state index is 12.9. The smallest absolute Gasteiger partial charge is 0.306 e. The van der Waals surface area contributed by atoms with Gasteiger partial charge in [-0.25, -0.2) is 0 Å². The van der Waals surface area contributed by atoms with Gasteiger partial charge in [0.2, 0.25) is 0 Å². The lowest BCUT2D eigenvalue weighted by molar-refractivity contribution is -0.167. The van der Waals surface area contributed by atoms with Crippen molar-refractivity contribution in [3.8, 4) is 0 Å². The zero-order valence-corrected chi connectivity index (χ0v) is 48.9. The molecule has 1 atom stereocenters. The molecule has 0 aliphatic rings. The first kappa shape index (κ1) is 70.4. The number of hydrogen-bond acceptors (Lipinski definition) is 6. The summed E-state index contributed by atoms with van der Waals surface area (Å²) in [6.07, 6.45) is 77.0. The fourth-order valence-corrected chi connectivity index (χ4v) is 9.46. The summed E-state index contributed by atoms with van der Waals surface area (Å²) in [7, 11) is 0. The Morgan fingerprint density at radius 1 is 0.274 bits per heavy atom. The number of carbonyl (C=O) groups is 3. The van der Waals surface area contributed by atoms with Gasteiger partial charge in [-0.05, 0) is 77.0 Å². The van der Waals surface area contributed by atoms with Crippen molar-refractivity contribution in [1.29, 1.82) is 0 Å². The van der Waals surface area contributed by atoms with E-state index in [0.717, 1.165) is 96.3 Å². The first-order valence-electron chi connectivity index (χ1n) is 32.1. The third-order valence-corrected chi connectivity index (χ3v) is 14.3. The third kappa shape index (κ3) is 60.1. The Labute approximate surface area is 454 Å². The number of esters is 3. The fraction of sp³-hybridized carbons (Fsp3) is 0.836. The van der Waals surface area contributed by atoms with Crippen LogP contribution in [-0.4, -0.2) is 37.2 Å². The van der Waals surface area contributed by atoms with E-state index in [9.17, 15) is 14.4 Å². The zero-order valence-electron chi connectivity index (χ0n) is 48.9. The molecular formula is C67H122O6. The van der Waals surface area contributed by atoms with Gasteiger partial charge in [-0.3, -0.25) is 14.4 Å². The van der Waals surface area contributed by atoms with Gasteiger partial charge in [0.25, 0.3) is 0 Å². The van der Waals surface area contributed by atoms with Crippen molar-refractivity contribution in [2.24, 2.45) is 0 Å².